The van der Waals surface area contributed by atoms with Crippen LogP contribution in [0.4, 0.5) is 0 Å². The van der Waals surface area contributed by atoms with Gasteiger partial charge >= 0.3 is 0 Å². The van der Waals surface area contributed by atoms with E-state index in [4.69, 9.17) is 0 Å². The Bertz CT molecular complexity index is 301. The van der Waals surface area contributed by atoms with Gasteiger partial charge in [-0.15, -0.1) is 0 Å². The summed E-state index contributed by atoms with van der Waals surface area (Å²) in [6.45, 7) is 14.5. The van der Waals surface area contributed by atoms with Crippen LogP contribution in [-0.2, 0) is 0 Å². The Morgan fingerprint density at radius 2 is 1.73 bits per heavy atom. The van der Waals surface area contributed by atoms with Crippen molar-refractivity contribution in [3.8, 4) is 0 Å². The van der Waals surface area contributed by atoms with Gasteiger partial charge in [0.25, 0.3) is 0 Å². The largest absolute Gasteiger partial charge is 0.314 e. The number of piperidine rings is 1. The van der Waals surface area contributed by atoms with E-state index < -0.39 is 0 Å². The predicted molar refractivity (Wildman–Crippen MR) is 99.4 cm³/mol. The molecule has 1 saturated heterocycles. The summed E-state index contributed by atoms with van der Waals surface area (Å²) in [6, 6.07) is 0.647. The Morgan fingerprint density at radius 3 is 2.32 bits per heavy atom. The minimum absolute atomic E-state index is 0. The van der Waals surface area contributed by atoms with Crippen LogP contribution in [0.1, 0.15) is 80.5 Å². The molecular formula is C20H42N2. The third-order valence-corrected chi connectivity index (χ3v) is 5.93. The Kier molecular flexibility index (Phi) is 7.21. The zero-order valence-corrected chi connectivity index (χ0v) is 15.7. The van der Waals surface area contributed by atoms with Crippen molar-refractivity contribution in [1.82, 2.24) is 10.2 Å². The molecule has 0 aromatic rings. The minimum atomic E-state index is 0. The molecule has 1 N–H and O–H groups in total. The second kappa shape index (κ2) is 8.68. The van der Waals surface area contributed by atoms with Crippen LogP contribution < -0.4 is 5.32 Å². The first-order chi connectivity index (χ1) is 10.5. The standard InChI is InChI=1S/C20H40N2.H2/c1-17(2)8-6-5-7-11-22-12-9-20(10-13-22)14-19(15-20)16-21-18(3)4;/h17-19,21H,5-16H2,1-4H3;1H. The van der Waals surface area contributed by atoms with Gasteiger partial charge in [0.15, 0.2) is 0 Å². The third-order valence-electron chi connectivity index (χ3n) is 5.93. The lowest BCUT2D eigenvalue weighted by Crippen LogP contribution is -2.49. The van der Waals surface area contributed by atoms with Gasteiger partial charge in [-0.3, -0.25) is 0 Å². The van der Waals surface area contributed by atoms with Gasteiger partial charge in [0.1, 0.15) is 0 Å². The first kappa shape index (κ1) is 18.3. The maximum Gasteiger partial charge on any atom is 0.00104 e. The van der Waals surface area contributed by atoms with Crippen molar-refractivity contribution in [3.05, 3.63) is 0 Å². The van der Waals surface area contributed by atoms with E-state index in [-0.39, 0.29) is 1.43 Å². The molecule has 0 aromatic heterocycles. The molecule has 1 aliphatic carbocycles. The maximum atomic E-state index is 3.62. The molecule has 2 heteroatoms. The predicted octanol–water partition coefficient (Wildman–Crippen LogP) is 4.94. The number of rotatable bonds is 9. The average molecular weight is 311 g/mol. The third kappa shape index (κ3) is 5.85. The SMILES string of the molecule is CC(C)CCCCCN1CCC2(CC1)CC(CNC(C)C)C2.[HH]. The summed E-state index contributed by atoms with van der Waals surface area (Å²) in [5, 5.41) is 3.62. The van der Waals surface area contributed by atoms with E-state index >= 15 is 0 Å². The van der Waals surface area contributed by atoms with E-state index in [0.717, 1.165) is 17.3 Å². The number of likely N-dealkylation sites (tertiary alicyclic amines) is 1. The topological polar surface area (TPSA) is 15.3 Å². The van der Waals surface area contributed by atoms with Crippen molar-refractivity contribution in [2.45, 2.75) is 85.1 Å². The van der Waals surface area contributed by atoms with Crippen LogP contribution in [0.3, 0.4) is 0 Å². The van der Waals surface area contributed by atoms with Crippen LogP contribution in [0.15, 0.2) is 0 Å². The fourth-order valence-corrected chi connectivity index (χ4v) is 4.44. The molecule has 0 unspecified atom stereocenters. The molecule has 0 bridgehead atoms. The van der Waals surface area contributed by atoms with E-state index in [1.54, 1.807) is 0 Å². The summed E-state index contributed by atoms with van der Waals surface area (Å²) in [5.41, 5.74) is 0.747. The monoisotopic (exact) mass is 310 g/mol. The summed E-state index contributed by atoms with van der Waals surface area (Å²) in [4.78, 5) is 2.74. The quantitative estimate of drug-likeness (QED) is 0.607. The van der Waals surface area contributed by atoms with Gasteiger partial charge in [-0.2, -0.15) is 0 Å². The van der Waals surface area contributed by atoms with Crippen molar-refractivity contribution in [2.24, 2.45) is 17.3 Å². The van der Waals surface area contributed by atoms with Crippen molar-refractivity contribution < 1.29 is 1.43 Å². The van der Waals surface area contributed by atoms with Gasteiger partial charge in [-0.05, 0) is 75.5 Å². The fourth-order valence-electron chi connectivity index (χ4n) is 4.44. The summed E-state index contributed by atoms with van der Waals surface area (Å²) in [6.07, 6.45) is 11.6. The highest BCUT2D eigenvalue weighted by molar-refractivity contribution is 4.97. The normalized spacial score (nSPS) is 22.6. The molecule has 1 saturated carbocycles. The van der Waals surface area contributed by atoms with Crippen molar-refractivity contribution in [2.75, 3.05) is 26.2 Å². The molecule has 0 aromatic carbocycles. The minimum Gasteiger partial charge on any atom is -0.314 e. The lowest BCUT2D eigenvalue weighted by molar-refractivity contribution is -0.0132. The van der Waals surface area contributed by atoms with Crippen LogP contribution in [0, 0.1) is 17.3 Å². The van der Waals surface area contributed by atoms with E-state index in [9.17, 15) is 0 Å². The zero-order chi connectivity index (χ0) is 16.0. The van der Waals surface area contributed by atoms with Crippen LogP contribution in [0.5, 0.6) is 0 Å². The van der Waals surface area contributed by atoms with Gasteiger partial charge in [0.05, 0.1) is 0 Å². The highest BCUT2D eigenvalue weighted by Gasteiger charge is 2.45. The van der Waals surface area contributed by atoms with Gasteiger partial charge in [-0.1, -0.05) is 47.0 Å². The lowest BCUT2D eigenvalue weighted by Gasteiger charge is -2.52. The van der Waals surface area contributed by atoms with Gasteiger partial charge in [-0.25, -0.2) is 0 Å². The summed E-state index contributed by atoms with van der Waals surface area (Å²) in [5.74, 6) is 1.84. The molecule has 2 fully saturated rings. The Labute approximate surface area is 140 Å². The number of unbranched alkanes of at least 4 members (excludes halogenated alkanes) is 2. The van der Waals surface area contributed by atoms with Crippen LogP contribution in [0.25, 0.3) is 0 Å². The fraction of sp³-hybridized carbons (Fsp3) is 1.00. The Morgan fingerprint density at radius 1 is 1.05 bits per heavy atom. The molecule has 0 amide bonds. The van der Waals surface area contributed by atoms with Crippen molar-refractivity contribution in [3.63, 3.8) is 0 Å². The molecule has 2 rings (SSSR count). The number of nitrogens with one attached hydrogen (secondary N) is 1. The molecule has 1 aliphatic heterocycles. The molecule has 0 atom stereocenters. The molecule has 1 spiro atoms. The second-order valence-electron chi connectivity index (χ2n) is 8.92. The van der Waals surface area contributed by atoms with E-state index in [2.05, 4.69) is 37.9 Å². The summed E-state index contributed by atoms with van der Waals surface area (Å²) in [7, 11) is 0. The first-order valence-electron chi connectivity index (χ1n) is 9.95. The van der Waals surface area contributed by atoms with E-state index in [1.807, 2.05) is 0 Å². The molecule has 0 radical (unpaired) electrons. The van der Waals surface area contributed by atoms with E-state index in [1.165, 1.54) is 77.5 Å². The highest BCUT2D eigenvalue weighted by Crippen LogP contribution is 2.52. The molecule has 132 valence electrons. The molecule has 2 nitrogen and oxygen atoms in total. The van der Waals surface area contributed by atoms with Gasteiger partial charge in [0.2, 0.25) is 0 Å². The van der Waals surface area contributed by atoms with Crippen LogP contribution in [-0.4, -0.2) is 37.1 Å². The van der Waals surface area contributed by atoms with Gasteiger partial charge < -0.3 is 10.2 Å². The molecular weight excluding hydrogens is 268 g/mol. The zero-order valence-electron chi connectivity index (χ0n) is 15.7. The number of hydrogen-bond acceptors (Lipinski definition) is 2. The molecule has 2 aliphatic rings. The number of hydrogen-bond donors (Lipinski definition) is 1. The Balaban J connectivity index is 0.00000264. The lowest BCUT2D eigenvalue weighted by atomic mass is 9.57. The van der Waals surface area contributed by atoms with Crippen molar-refractivity contribution >= 4 is 0 Å². The maximum absolute atomic E-state index is 3.62. The first-order valence-corrected chi connectivity index (χ1v) is 9.95. The second-order valence-corrected chi connectivity index (χ2v) is 8.92. The Hall–Kier alpha value is -0.0800. The van der Waals surface area contributed by atoms with Crippen molar-refractivity contribution in [1.29, 1.82) is 0 Å². The molecule has 1 heterocycles. The van der Waals surface area contributed by atoms with Gasteiger partial charge in [0, 0.05) is 7.47 Å². The van der Waals surface area contributed by atoms with E-state index in [0.29, 0.717) is 6.04 Å². The average Bonchev–Trinajstić information content (AvgIpc) is 2.43. The molecule has 22 heavy (non-hydrogen) atoms. The highest BCUT2D eigenvalue weighted by atomic mass is 15.1. The summed E-state index contributed by atoms with van der Waals surface area (Å²) < 4.78 is 0. The van der Waals surface area contributed by atoms with Crippen LogP contribution >= 0.6 is 0 Å². The smallest absolute Gasteiger partial charge is 0.00104 e. The number of nitrogens with zero attached hydrogens (tertiary/aromatic N) is 1. The summed E-state index contributed by atoms with van der Waals surface area (Å²) >= 11 is 0. The van der Waals surface area contributed by atoms with Crippen LogP contribution in [0.2, 0.25) is 0 Å².